The lowest BCUT2D eigenvalue weighted by Crippen LogP contribution is -2.33. The van der Waals surface area contributed by atoms with E-state index in [1.165, 1.54) is 0 Å². The van der Waals surface area contributed by atoms with E-state index in [0.717, 1.165) is 31.6 Å². The molecular formula is C13H21N3O2S. The highest BCUT2D eigenvalue weighted by Gasteiger charge is 2.15. The van der Waals surface area contributed by atoms with E-state index in [9.17, 15) is 4.79 Å². The number of nitrogens with zero attached hydrogens (tertiary/aromatic N) is 2. The number of hydrogen-bond acceptors (Lipinski definition) is 5. The Morgan fingerprint density at radius 3 is 3.05 bits per heavy atom. The van der Waals surface area contributed by atoms with E-state index in [4.69, 9.17) is 4.74 Å². The van der Waals surface area contributed by atoms with Crippen LogP contribution in [-0.4, -0.2) is 48.6 Å². The molecule has 1 aromatic rings. The average Bonchev–Trinajstić information content (AvgIpc) is 2.92. The number of carbonyl (C=O) groups excluding carboxylic acids is 1. The van der Waals surface area contributed by atoms with E-state index in [-0.39, 0.29) is 5.91 Å². The fraction of sp³-hybridized carbons (Fsp3) is 0.692. The molecule has 0 saturated carbocycles. The standard InChI is InChI=1S/C13H21N3O2S/c1-16(8-11-9-19-10-15-11)13(17)4-7-18-12-2-5-14-6-3-12/h9-10,12,14H,2-8H2,1H3. The third-order valence-corrected chi connectivity index (χ3v) is 3.90. The van der Waals surface area contributed by atoms with E-state index in [2.05, 4.69) is 10.3 Å². The molecule has 0 spiro atoms. The van der Waals surface area contributed by atoms with Gasteiger partial charge in [-0.15, -0.1) is 11.3 Å². The molecule has 0 atom stereocenters. The summed E-state index contributed by atoms with van der Waals surface area (Å²) in [6.45, 7) is 3.13. The number of nitrogens with one attached hydrogen (secondary N) is 1. The summed E-state index contributed by atoms with van der Waals surface area (Å²) in [5, 5.41) is 5.26. The maximum absolute atomic E-state index is 11.9. The zero-order valence-corrected chi connectivity index (χ0v) is 12.1. The normalized spacial score (nSPS) is 16.5. The first-order valence-electron chi connectivity index (χ1n) is 6.69. The lowest BCUT2D eigenvalue weighted by atomic mass is 10.1. The van der Waals surface area contributed by atoms with Crippen LogP contribution < -0.4 is 5.32 Å². The number of aromatic nitrogens is 1. The van der Waals surface area contributed by atoms with E-state index in [1.54, 1.807) is 21.7 Å². The molecule has 106 valence electrons. The Morgan fingerprint density at radius 2 is 2.37 bits per heavy atom. The number of hydrogen-bond donors (Lipinski definition) is 1. The molecule has 1 amide bonds. The van der Waals surface area contributed by atoms with Gasteiger partial charge in [0.2, 0.25) is 5.91 Å². The zero-order chi connectivity index (χ0) is 13.5. The quantitative estimate of drug-likeness (QED) is 0.854. The van der Waals surface area contributed by atoms with Crippen molar-refractivity contribution in [1.29, 1.82) is 0 Å². The third-order valence-electron chi connectivity index (χ3n) is 3.26. The van der Waals surface area contributed by atoms with Gasteiger partial charge in [-0.1, -0.05) is 0 Å². The number of amides is 1. The molecule has 5 nitrogen and oxygen atoms in total. The topological polar surface area (TPSA) is 54.5 Å². The maximum Gasteiger partial charge on any atom is 0.224 e. The second-order valence-electron chi connectivity index (χ2n) is 4.80. The van der Waals surface area contributed by atoms with Gasteiger partial charge in [0.05, 0.1) is 36.9 Å². The smallest absolute Gasteiger partial charge is 0.224 e. The highest BCUT2D eigenvalue weighted by Crippen LogP contribution is 2.09. The molecule has 1 N–H and O–H groups in total. The minimum Gasteiger partial charge on any atom is -0.378 e. The van der Waals surface area contributed by atoms with E-state index in [0.29, 0.717) is 25.7 Å². The van der Waals surface area contributed by atoms with Crippen LogP contribution in [-0.2, 0) is 16.1 Å². The van der Waals surface area contributed by atoms with Crippen LogP contribution in [0, 0.1) is 0 Å². The Labute approximate surface area is 118 Å². The van der Waals surface area contributed by atoms with Crippen molar-refractivity contribution in [1.82, 2.24) is 15.2 Å². The first-order valence-corrected chi connectivity index (χ1v) is 7.63. The molecule has 6 heteroatoms. The fourth-order valence-corrected chi connectivity index (χ4v) is 2.66. The summed E-state index contributed by atoms with van der Waals surface area (Å²) < 4.78 is 5.74. The SMILES string of the molecule is CN(Cc1cscn1)C(=O)CCOC1CCNCC1. The molecular weight excluding hydrogens is 262 g/mol. The largest absolute Gasteiger partial charge is 0.378 e. The van der Waals surface area contributed by atoms with Crippen molar-refractivity contribution in [3.63, 3.8) is 0 Å². The van der Waals surface area contributed by atoms with Crippen LogP contribution >= 0.6 is 11.3 Å². The summed E-state index contributed by atoms with van der Waals surface area (Å²) in [5.74, 6) is 0.113. The van der Waals surface area contributed by atoms with Crippen molar-refractivity contribution in [2.75, 3.05) is 26.7 Å². The van der Waals surface area contributed by atoms with Gasteiger partial charge in [-0.2, -0.15) is 0 Å². The first-order chi connectivity index (χ1) is 9.25. The van der Waals surface area contributed by atoms with Gasteiger partial charge in [0.1, 0.15) is 0 Å². The molecule has 0 aromatic carbocycles. The van der Waals surface area contributed by atoms with Crippen LogP contribution in [0.5, 0.6) is 0 Å². The second kappa shape index (κ2) is 7.57. The molecule has 0 bridgehead atoms. The van der Waals surface area contributed by atoms with Gasteiger partial charge in [0.25, 0.3) is 0 Å². The lowest BCUT2D eigenvalue weighted by Gasteiger charge is -2.23. The van der Waals surface area contributed by atoms with Crippen molar-refractivity contribution in [3.05, 3.63) is 16.6 Å². The third kappa shape index (κ3) is 4.89. The number of rotatable bonds is 6. The van der Waals surface area contributed by atoms with Crippen molar-refractivity contribution >= 4 is 17.2 Å². The van der Waals surface area contributed by atoms with E-state index in [1.807, 2.05) is 12.4 Å². The first kappa shape index (κ1) is 14.4. The van der Waals surface area contributed by atoms with Crippen LogP contribution in [0.2, 0.25) is 0 Å². The Bertz CT molecular complexity index is 377. The second-order valence-corrected chi connectivity index (χ2v) is 5.52. The number of ether oxygens (including phenoxy) is 1. The minimum absolute atomic E-state index is 0.113. The van der Waals surface area contributed by atoms with Gasteiger partial charge in [-0.3, -0.25) is 4.79 Å². The Kier molecular flexibility index (Phi) is 5.75. The van der Waals surface area contributed by atoms with Crippen molar-refractivity contribution in [2.45, 2.75) is 31.9 Å². The number of piperidine rings is 1. The lowest BCUT2D eigenvalue weighted by molar-refractivity contribution is -0.132. The Morgan fingerprint density at radius 1 is 1.58 bits per heavy atom. The molecule has 1 aliphatic heterocycles. The fourth-order valence-electron chi connectivity index (χ4n) is 2.11. The molecule has 1 saturated heterocycles. The Balaban J connectivity index is 1.63. The van der Waals surface area contributed by atoms with Crippen LogP contribution in [0.1, 0.15) is 25.0 Å². The molecule has 2 heterocycles. The average molecular weight is 283 g/mol. The summed E-state index contributed by atoms with van der Waals surface area (Å²) in [4.78, 5) is 17.8. The van der Waals surface area contributed by atoms with E-state index >= 15 is 0 Å². The molecule has 1 fully saturated rings. The van der Waals surface area contributed by atoms with Gasteiger partial charge in [0.15, 0.2) is 0 Å². The van der Waals surface area contributed by atoms with Gasteiger partial charge >= 0.3 is 0 Å². The molecule has 0 aliphatic carbocycles. The molecule has 1 aliphatic rings. The molecule has 19 heavy (non-hydrogen) atoms. The molecule has 0 radical (unpaired) electrons. The summed E-state index contributed by atoms with van der Waals surface area (Å²) in [5.41, 5.74) is 2.73. The molecule has 1 aromatic heterocycles. The van der Waals surface area contributed by atoms with E-state index < -0.39 is 0 Å². The van der Waals surface area contributed by atoms with Crippen molar-refractivity contribution in [3.8, 4) is 0 Å². The van der Waals surface area contributed by atoms with Crippen molar-refractivity contribution < 1.29 is 9.53 Å². The van der Waals surface area contributed by atoms with Crippen LogP contribution in [0.4, 0.5) is 0 Å². The van der Waals surface area contributed by atoms with Crippen LogP contribution in [0.25, 0.3) is 0 Å². The highest BCUT2D eigenvalue weighted by molar-refractivity contribution is 7.07. The monoisotopic (exact) mass is 283 g/mol. The van der Waals surface area contributed by atoms with Gasteiger partial charge in [-0.25, -0.2) is 4.98 Å². The van der Waals surface area contributed by atoms with Gasteiger partial charge in [-0.05, 0) is 25.9 Å². The number of carbonyl (C=O) groups is 1. The summed E-state index contributed by atoms with van der Waals surface area (Å²) >= 11 is 1.55. The van der Waals surface area contributed by atoms with Gasteiger partial charge in [0, 0.05) is 12.4 Å². The molecule has 2 rings (SSSR count). The minimum atomic E-state index is 0.113. The van der Waals surface area contributed by atoms with Crippen molar-refractivity contribution in [2.24, 2.45) is 0 Å². The summed E-state index contributed by atoms with van der Waals surface area (Å²) in [6, 6.07) is 0. The Hall–Kier alpha value is -0.980. The maximum atomic E-state index is 11.9. The van der Waals surface area contributed by atoms with Gasteiger partial charge < -0.3 is 15.0 Å². The zero-order valence-electron chi connectivity index (χ0n) is 11.3. The van der Waals surface area contributed by atoms with Crippen LogP contribution in [0.15, 0.2) is 10.9 Å². The highest BCUT2D eigenvalue weighted by atomic mass is 32.1. The van der Waals surface area contributed by atoms with Crippen LogP contribution in [0.3, 0.4) is 0 Å². The molecule has 0 unspecified atom stereocenters. The predicted molar refractivity (Wildman–Crippen MR) is 75.0 cm³/mol. The summed E-state index contributed by atoms with van der Waals surface area (Å²) in [6.07, 6.45) is 2.86. The predicted octanol–water partition coefficient (Wildman–Crippen LogP) is 1.26. The number of thiazole rings is 1. The summed E-state index contributed by atoms with van der Waals surface area (Å²) in [7, 11) is 1.81.